The molecule has 1 aliphatic rings. The second kappa shape index (κ2) is 9.18. The smallest absolute Gasteiger partial charge is 0.220 e. The number of aromatic amines is 1. The van der Waals surface area contributed by atoms with E-state index >= 15 is 0 Å². The van der Waals surface area contributed by atoms with Crippen LogP contribution in [0.25, 0.3) is 22.6 Å². The molecule has 0 radical (unpaired) electrons. The fourth-order valence-electron chi connectivity index (χ4n) is 4.60. The first-order chi connectivity index (χ1) is 16.5. The largest absolute Gasteiger partial charge is 0.455 e. The van der Waals surface area contributed by atoms with Gasteiger partial charge in [-0.15, -0.1) is 0 Å². The number of rotatable bonds is 6. The summed E-state index contributed by atoms with van der Waals surface area (Å²) in [6.07, 6.45) is 8.39. The van der Waals surface area contributed by atoms with Gasteiger partial charge in [0.2, 0.25) is 5.91 Å². The second-order valence-electron chi connectivity index (χ2n) is 8.47. The molecule has 34 heavy (non-hydrogen) atoms. The van der Waals surface area contributed by atoms with Gasteiger partial charge < -0.3 is 19.4 Å². The number of aromatic nitrogens is 5. The summed E-state index contributed by atoms with van der Waals surface area (Å²) in [5, 5.41) is 0. The number of ether oxygens (including phenoxy) is 2. The number of carbonyl (C=O) groups is 1. The van der Waals surface area contributed by atoms with Crippen LogP contribution in [0.2, 0.25) is 0 Å². The number of hydrogen-bond acceptors (Lipinski definition) is 7. The summed E-state index contributed by atoms with van der Waals surface area (Å²) in [6.45, 7) is 4.14. The lowest BCUT2D eigenvalue weighted by Crippen LogP contribution is -2.33. The summed E-state index contributed by atoms with van der Waals surface area (Å²) in [6, 6.07) is 7.75. The number of fused-ring (bicyclic) bond motifs is 1. The molecule has 1 aliphatic heterocycles. The van der Waals surface area contributed by atoms with E-state index in [0.717, 1.165) is 35.1 Å². The van der Waals surface area contributed by atoms with Gasteiger partial charge in [-0.3, -0.25) is 14.8 Å². The Morgan fingerprint density at radius 1 is 1.18 bits per heavy atom. The van der Waals surface area contributed by atoms with Gasteiger partial charge in [-0.05, 0) is 38.0 Å². The molecule has 9 nitrogen and oxygen atoms in total. The minimum atomic E-state index is -0.0871. The third-order valence-electron chi connectivity index (χ3n) is 6.13. The predicted molar refractivity (Wildman–Crippen MR) is 126 cm³/mol. The van der Waals surface area contributed by atoms with Crippen molar-refractivity contribution in [2.24, 2.45) is 0 Å². The van der Waals surface area contributed by atoms with Crippen LogP contribution in [-0.2, 0) is 16.1 Å². The normalized spacial score (nSPS) is 17.9. The Hall–Kier alpha value is -3.85. The Labute approximate surface area is 197 Å². The highest BCUT2D eigenvalue weighted by molar-refractivity contribution is 5.82. The van der Waals surface area contributed by atoms with Crippen molar-refractivity contribution in [1.82, 2.24) is 29.8 Å². The molecule has 1 aromatic carbocycles. The summed E-state index contributed by atoms with van der Waals surface area (Å²) in [4.78, 5) is 35.4. The van der Waals surface area contributed by atoms with Gasteiger partial charge in [-0.1, -0.05) is 0 Å². The van der Waals surface area contributed by atoms with Crippen molar-refractivity contribution >= 4 is 16.9 Å². The summed E-state index contributed by atoms with van der Waals surface area (Å²) >= 11 is 0. The molecule has 1 fully saturated rings. The summed E-state index contributed by atoms with van der Waals surface area (Å²) in [7, 11) is 1.64. The number of nitrogens with zero attached hydrogens (tertiary/aromatic N) is 5. The molecule has 4 aromatic rings. The third-order valence-corrected chi connectivity index (χ3v) is 6.13. The quantitative estimate of drug-likeness (QED) is 0.456. The topological polar surface area (TPSA) is 106 Å². The van der Waals surface area contributed by atoms with Gasteiger partial charge in [-0.25, -0.2) is 9.97 Å². The van der Waals surface area contributed by atoms with Crippen LogP contribution in [0.15, 0.2) is 49.1 Å². The van der Waals surface area contributed by atoms with Gasteiger partial charge in [0.05, 0.1) is 41.8 Å². The fourth-order valence-corrected chi connectivity index (χ4v) is 4.60. The van der Waals surface area contributed by atoms with Crippen molar-refractivity contribution in [3.05, 3.63) is 60.3 Å². The number of methoxy groups -OCH3 is 1. The minimum absolute atomic E-state index is 0.0523. The van der Waals surface area contributed by atoms with Crippen LogP contribution in [0.3, 0.4) is 0 Å². The number of H-pyrrole nitrogens is 1. The van der Waals surface area contributed by atoms with E-state index in [9.17, 15) is 4.79 Å². The number of carbonyl (C=O) groups excluding carboxylic acids is 1. The molecular weight excluding hydrogens is 432 g/mol. The van der Waals surface area contributed by atoms with Crippen molar-refractivity contribution in [3.63, 3.8) is 0 Å². The van der Waals surface area contributed by atoms with Crippen LogP contribution >= 0.6 is 0 Å². The number of likely N-dealkylation sites (tertiary alicyclic amines) is 1. The predicted octanol–water partition coefficient (Wildman–Crippen LogP) is 4.43. The maximum absolute atomic E-state index is 12.5. The molecule has 4 heterocycles. The lowest BCUT2D eigenvalue weighted by molar-refractivity contribution is -0.131. The Balaban J connectivity index is 1.59. The van der Waals surface area contributed by atoms with Crippen LogP contribution in [0, 0.1) is 0 Å². The average molecular weight is 459 g/mol. The highest BCUT2D eigenvalue weighted by Gasteiger charge is 2.35. The van der Waals surface area contributed by atoms with Crippen LogP contribution in [0.1, 0.15) is 44.0 Å². The van der Waals surface area contributed by atoms with E-state index in [2.05, 4.69) is 26.9 Å². The zero-order valence-electron chi connectivity index (χ0n) is 19.4. The molecule has 1 N–H and O–H groups in total. The number of nitrogens with one attached hydrogen (secondary N) is 1. The SMILES string of the molecule is COCc1ccc(Oc2cc3nc(-c4cnccn4)[nH]c3cc2C2CCC(C)N2C(C)=O)cn1. The molecule has 1 amide bonds. The number of hydrogen-bond donors (Lipinski definition) is 1. The van der Waals surface area contributed by atoms with E-state index < -0.39 is 0 Å². The monoisotopic (exact) mass is 458 g/mol. The van der Waals surface area contributed by atoms with Gasteiger partial charge in [0.25, 0.3) is 0 Å². The van der Waals surface area contributed by atoms with Crippen LogP contribution in [0.5, 0.6) is 11.5 Å². The first-order valence-electron chi connectivity index (χ1n) is 11.2. The Morgan fingerprint density at radius 3 is 2.76 bits per heavy atom. The van der Waals surface area contributed by atoms with E-state index in [1.165, 1.54) is 0 Å². The number of benzene rings is 1. The standard InChI is InChI=1S/C25H26N6O3/c1-15-4-7-23(31(15)16(2)32)19-10-20-21(30-25(29-20)22-13-26-8-9-27-22)11-24(19)34-18-6-5-17(14-33-3)28-12-18/h5-6,8-13,15,23H,4,7,14H2,1-3H3,(H,29,30). The van der Waals surface area contributed by atoms with E-state index in [-0.39, 0.29) is 18.0 Å². The molecule has 2 atom stereocenters. The Kier molecular flexibility index (Phi) is 5.93. The van der Waals surface area contributed by atoms with Gasteiger partial charge in [0.1, 0.15) is 17.2 Å². The van der Waals surface area contributed by atoms with Crippen molar-refractivity contribution in [2.45, 2.75) is 45.4 Å². The third kappa shape index (κ3) is 4.22. The molecule has 0 saturated carbocycles. The van der Waals surface area contributed by atoms with E-state index in [0.29, 0.717) is 29.6 Å². The van der Waals surface area contributed by atoms with Gasteiger partial charge in [-0.2, -0.15) is 0 Å². The number of imidazole rings is 1. The van der Waals surface area contributed by atoms with E-state index in [4.69, 9.17) is 14.5 Å². The highest BCUT2D eigenvalue weighted by Crippen LogP contribution is 2.42. The van der Waals surface area contributed by atoms with Crippen molar-refractivity contribution in [2.75, 3.05) is 7.11 Å². The first-order valence-corrected chi connectivity index (χ1v) is 11.2. The van der Waals surface area contributed by atoms with Crippen LogP contribution in [0.4, 0.5) is 0 Å². The molecule has 174 valence electrons. The average Bonchev–Trinajstić information content (AvgIpc) is 3.43. The molecule has 9 heteroatoms. The van der Waals surface area contributed by atoms with Gasteiger partial charge in [0, 0.05) is 44.1 Å². The summed E-state index contributed by atoms with van der Waals surface area (Å²) in [5.74, 6) is 1.93. The first kappa shape index (κ1) is 22.0. The van der Waals surface area contributed by atoms with E-state index in [1.807, 2.05) is 29.2 Å². The minimum Gasteiger partial charge on any atom is -0.455 e. The summed E-state index contributed by atoms with van der Waals surface area (Å²) < 4.78 is 11.5. The molecule has 1 saturated heterocycles. The summed E-state index contributed by atoms with van der Waals surface area (Å²) in [5.41, 5.74) is 3.99. The number of pyridine rings is 1. The lowest BCUT2D eigenvalue weighted by atomic mass is 10.0. The van der Waals surface area contributed by atoms with Crippen LogP contribution in [-0.4, -0.2) is 48.9 Å². The lowest BCUT2D eigenvalue weighted by Gasteiger charge is -2.29. The molecule has 2 unspecified atom stereocenters. The zero-order chi connectivity index (χ0) is 23.7. The molecule has 0 aliphatic carbocycles. The molecule has 0 spiro atoms. The zero-order valence-corrected chi connectivity index (χ0v) is 19.4. The van der Waals surface area contributed by atoms with Gasteiger partial charge >= 0.3 is 0 Å². The van der Waals surface area contributed by atoms with Crippen LogP contribution < -0.4 is 4.74 Å². The maximum atomic E-state index is 12.5. The Morgan fingerprint density at radius 2 is 2.06 bits per heavy atom. The molecule has 3 aromatic heterocycles. The van der Waals surface area contributed by atoms with Crippen molar-refractivity contribution in [3.8, 4) is 23.0 Å². The number of amides is 1. The Bertz CT molecular complexity index is 1310. The highest BCUT2D eigenvalue weighted by atomic mass is 16.5. The fraction of sp³-hybridized carbons (Fsp3) is 0.320. The molecular formula is C25H26N6O3. The van der Waals surface area contributed by atoms with E-state index in [1.54, 1.807) is 38.8 Å². The maximum Gasteiger partial charge on any atom is 0.220 e. The van der Waals surface area contributed by atoms with Gasteiger partial charge in [0.15, 0.2) is 5.82 Å². The molecule has 0 bridgehead atoms. The van der Waals surface area contributed by atoms with Crippen molar-refractivity contribution < 1.29 is 14.3 Å². The van der Waals surface area contributed by atoms with Crippen molar-refractivity contribution in [1.29, 1.82) is 0 Å². The second-order valence-corrected chi connectivity index (χ2v) is 8.47. The molecule has 5 rings (SSSR count).